The lowest BCUT2D eigenvalue weighted by Crippen LogP contribution is -2.37. The molecule has 21 heavy (non-hydrogen) atoms. The molecule has 0 spiro atoms. The first-order valence-electron chi connectivity index (χ1n) is 6.97. The first-order chi connectivity index (χ1) is 10.0. The Balaban J connectivity index is 2.10. The van der Waals surface area contributed by atoms with Gasteiger partial charge in [0.2, 0.25) is 5.91 Å². The Morgan fingerprint density at radius 1 is 1.48 bits per heavy atom. The number of carbonyl (C=O) groups excluding carboxylic acids is 1. The van der Waals surface area contributed by atoms with Crippen LogP contribution in [0.15, 0.2) is 36.7 Å². The van der Waals surface area contributed by atoms with Gasteiger partial charge in [-0.1, -0.05) is 29.8 Å². The van der Waals surface area contributed by atoms with Crippen LogP contribution in [0.25, 0.3) is 0 Å². The van der Waals surface area contributed by atoms with Crippen molar-refractivity contribution in [1.29, 1.82) is 0 Å². The molecule has 1 aromatic carbocycles. The summed E-state index contributed by atoms with van der Waals surface area (Å²) in [6.45, 7) is 2.65. The van der Waals surface area contributed by atoms with Crippen LogP contribution in [-0.2, 0) is 18.4 Å². The van der Waals surface area contributed by atoms with Crippen molar-refractivity contribution < 1.29 is 4.79 Å². The van der Waals surface area contributed by atoms with E-state index in [1.807, 2.05) is 32.4 Å². The number of aryl methyl sites for hydroxylation is 2. The summed E-state index contributed by atoms with van der Waals surface area (Å²) < 4.78 is 1.70. The van der Waals surface area contributed by atoms with Gasteiger partial charge in [-0.25, -0.2) is 0 Å². The second kappa shape index (κ2) is 6.54. The molecule has 1 aromatic heterocycles. The van der Waals surface area contributed by atoms with Crippen molar-refractivity contribution in [3.8, 4) is 0 Å². The maximum atomic E-state index is 12.6. The summed E-state index contributed by atoms with van der Waals surface area (Å²) in [4.78, 5) is 14.3. The number of hydrogen-bond donors (Lipinski definition) is 1. The Kier molecular flexibility index (Phi) is 4.75. The average molecular weight is 286 g/mol. The second-order valence-corrected chi connectivity index (χ2v) is 5.35. The zero-order chi connectivity index (χ0) is 15.4. The summed E-state index contributed by atoms with van der Waals surface area (Å²) in [5, 5.41) is 7.19. The Bertz CT molecular complexity index is 620. The van der Waals surface area contributed by atoms with E-state index in [-0.39, 0.29) is 11.9 Å². The Labute approximate surface area is 125 Å². The van der Waals surface area contributed by atoms with E-state index in [0.717, 1.165) is 11.1 Å². The quantitative estimate of drug-likeness (QED) is 0.909. The standard InChI is InChI=1S/C16H22N4O/c1-12-6-5-7-13(8-12)10-19(3)16(21)15(17-2)14-9-18-20(4)11-14/h5-9,11,15,17H,10H2,1-4H3. The van der Waals surface area contributed by atoms with E-state index in [1.165, 1.54) is 5.56 Å². The van der Waals surface area contributed by atoms with Gasteiger partial charge in [0.25, 0.3) is 0 Å². The second-order valence-electron chi connectivity index (χ2n) is 5.35. The normalized spacial score (nSPS) is 12.2. The van der Waals surface area contributed by atoms with Crippen LogP contribution in [0, 0.1) is 6.92 Å². The molecule has 1 unspecified atom stereocenters. The molecule has 5 nitrogen and oxygen atoms in total. The number of rotatable bonds is 5. The molecule has 0 aliphatic carbocycles. The lowest BCUT2D eigenvalue weighted by atomic mass is 10.1. The van der Waals surface area contributed by atoms with Crippen LogP contribution >= 0.6 is 0 Å². The van der Waals surface area contributed by atoms with Gasteiger partial charge in [0.1, 0.15) is 6.04 Å². The zero-order valence-electron chi connectivity index (χ0n) is 13.0. The van der Waals surface area contributed by atoms with E-state index in [1.54, 1.807) is 22.8 Å². The van der Waals surface area contributed by atoms with Gasteiger partial charge in [-0.3, -0.25) is 9.48 Å². The zero-order valence-corrected chi connectivity index (χ0v) is 13.0. The van der Waals surface area contributed by atoms with Crippen molar-refractivity contribution >= 4 is 5.91 Å². The first-order valence-corrected chi connectivity index (χ1v) is 6.97. The van der Waals surface area contributed by atoms with Crippen molar-refractivity contribution in [3.63, 3.8) is 0 Å². The van der Waals surface area contributed by atoms with Crippen LogP contribution in [0.4, 0.5) is 0 Å². The highest BCUT2D eigenvalue weighted by molar-refractivity contribution is 5.82. The van der Waals surface area contributed by atoms with Crippen LogP contribution in [0.1, 0.15) is 22.7 Å². The topological polar surface area (TPSA) is 50.2 Å². The predicted octanol–water partition coefficient (Wildman–Crippen LogP) is 1.65. The number of benzene rings is 1. The van der Waals surface area contributed by atoms with Crippen molar-refractivity contribution in [2.24, 2.45) is 7.05 Å². The fraction of sp³-hybridized carbons (Fsp3) is 0.375. The minimum Gasteiger partial charge on any atom is -0.340 e. The van der Waals surface area contributed by atoms with Crippen LogP contribution < -0.4 is 5.32 Å². The molecule has 0 bridgehead atoms. The maximum absolute atomic E-state index is 12.6. The lowest BCUT2D eigenvalue weighted by molar-refractivity contribution is -0.132. The van der Waals surface area contributed by atoms with Gasteiger partial charge >= 0.3 is 0 Å². The van der Waals surface area contributed by atoms with Crippen molar-refractivity contribution in [3.05, 3.63) is 53.3 Å². The van der Waals surface area contributed by atoms with E-state index >= 15 is 0 Å². The SMILES string of the molecule is CNC(C(=O)N(C)Cc1cccc(C)c1)c1cnn(C)c1. The summed E-state index contributed by atoms with van der Waals surface area (Å²) >= 11 is 0. The molecular weight excluding hydrogens is 264 g/mol. The minimum atomic E-state index is -0.367. The van der Waals surface area contributed by atoms with Gasteiger partial charge in [0, 0.05) is 32.4 Å². The predicted molar refractivity (Wildman–Crippen MR) is 82.7 cm³/mol. The third kappa shape index (κ3) is 3.70. The van der Waals surface area contributed by atoms with Gasteiger partial charge in [-0.2, -0.15) is 5.10 Å². The van der Waals surface area contributed by atoms with Crippen LogP contribution in [0.2, 0.25) is 0 Å². The number of amides is 1. The molecule has 0 fully saturated rings. The summed E-state index contributed by atoms with van der Waals surface area (Å²) in [5.41, 5.74) is 3.21. The molecule has 2 aromatic rings. The van der Waals surface area contributed by atoms with Crippen LogP contribution in [-0.4, -0.2) is 34.7 Å². The molecule has 0 saturated heterocycles. The molecule has 1 N–H and O–H groups in total. The van der Waals surface area contributed by atoms with Gasteiger partial charge in [-0.05, 0) is 19.5 Å². The van der Waals surface area contributed by atoms with E-state index in [2.05, 4.69) is 29.5 Å². The highest BCUT2D eigenvalue weighted by atomic mass is 16.2. The van der Waals surface area contributed by atoms with Gasteiger partial charge < -0.3 is 10.2 Å². The van der Waals surface area contributed by atoms with Gasteiger partial charge in [0.15, 0.2) is 0 Å². The Morgan fingerprint density at radius 3 is 2.81 bits per heavy atom. The van der Waals surface area contributed by atoms with Crippen molar-refractivity contribution in [2.45, 2.75) is 19.5 Å². The molecule has 0 radical (unpaired) electrons. The number of likely N-dealkylation sites (N-methyl/N-ethyl adjacent to an activating group) is 2. The molecule has 0 aliphatic rings. The average Bonchev–Trinajstić information content (AvgIpc) is 2.86. The van der Waals surface area contributed by atoms with E-state index in [0.29, 0.717) is 6.54 Å². The van der Waals surface area contributed by atoms with E-state index in [9.17, 15) is 4.79 Å². The van der Waals surface area contributed by atoms with Crippen molar-refractivity contribution in [2.75, 3.05) is 14.1 Å². The lowest BCUT2D eigenvalue weighted by Gasteiger charge is -2.23. The molecule has 1 atom stereocenters. The number of carbonyl (C=O) groups is 1. The number of nitrogens with zero attached hydrogens (tertiary/aromatic N) is 3. The fourth-order valence-electron chi connectivity index (χ4n) is 2.40. The monoisotopic (exact) mass is 286 g/mol. The summed E-state index contributed by atoms with van der Waals surface area (Å²) in [6, 6.07) is 7.84. The van der Waals surface area contributed by atoms with Gasteiger partial charge in [-0.15, -0.1) is 0 Å². The minimum absolute atomic E-state index is 0.0343. The molecule has 5 heteroatoms. The number of hydrogen-bond acceptors (Lipinski definition) is 3. The smallest absolute Gasteiger partial charge is 0.244 e. The van der Waals surface area contributed by atoms with Crippen molar-refractivity contribution in [1.82, 2.24) is 20.0 Å². The number of aromatic nitrogens is 2. The van der Waals surface area contributed by atoms with Crippen LogP contribution in [0.3, 0.4) is 0 Å². The van der Waals surface area contributed by atoms with E-state index in [4.69, 9.17) is 0 Å². The molecule has 1 amide bonds. The third-order valence-corrected chi connectivity index (χ3v) is 3.47. The molecule has 0 aliphatic heterocycles. The summed E-state index contributed by atoms with van der Waals surface area (Å²) in [7, 11) is 5.46. The molecular formula is C16H22N4O. The number of nitrogens with one attached hydrogen (secondary N) is 1. The first kappa shape index (κ1) is 15.3. The third-order valence-electron chi connectivity index (χ3n) is 3.47. The molecule has 2 rings (SSSR count). The van der Waals surface area contributed by atoms with Gasteiger partial charge in [0.05, 0.1) is 6.20 Å². The fourth-order valence-corrected chi connectivity index (χ4v) is 2.40. The molecule has 1 heterocycles. The van der Waals surface area contributed by atoms with E-state index < -0.39 is 0 Å². The summed E-state index contributed by atoms with van der Waals surface area (Å²) in [5.74, 6) is 0.0343. The molecule has 112 valence electrons. The van der Waals surface area contributed by atoms with Crippen LogP contribution in [0.5, 0.6) is 0 Å². The summed E-state index contributed by atoms with van der Waals surface area (Å²) in [6.07, 6.45) is 3.58. The molecule has 0 saturated carbocycles. The highest BCUT2D eigenvalue weighted by Gasteiger charge is 2.23. The maximum Gasteiger partial charge on any atom is 0.244 e. The Morgan fingerprint density at radius 2 is 2.24 bits per heavy atom. The largest absolute Gasteiger partial charge is 0.340 e. The highest BCUT2D eigenvalue weighted by Crippen LogP contribution is 2.16. The Hall–Kier alpha value is -2.14.